The van der Waals surface area contributed by atoms with Gasteiger partial charge >= 0.3 is 0 Å². The van der Waals surface area contributed by atoms with Gasteiger partial charge in [-0.15, -0.1) is 12.4 Å². The molecule has 0 N–H and O–H groups in total. The third-order valence-electron chi connectivity index (χ3n) is 6.98. The highest BCUT2D eigenvalue weighted by Crippen LogP contribution is 2.34. The number of hydrogen-bond acceptors (Lipinski definition) is 7. The highest BCUT2D eigenvalue weighted by Gasteiger charge is 2.28. The van der Waals surface area contributed by atoms with E-state index in [1.165, 1.54) is 27.8 Å². The summed E-state index contributed by atoms with van der Waals surface area (Å²) in [4.78, 5) is 22.8. The predicted molar refractivity (Wildman–Crippen MR) is 155 cm³/mol. The van der Waals surface area contributed by atoms with E-state index >= 15 is 0 Å². The van der Waals surface area contributed by atoms with E-state index in [9.17, 15) is 13.2 Å². The molecule has 3 heterocycles. The van der Waals surface area contributed by atoms with Gasteiger partial charge in [-0.1, -0.05) is 22.9 Å². The first-order valence-corrected chi connectivity index (χ1v) is 15.3. The summed E-state index contributed by atoms with van der Waals surface area (Å²) in [5.41, 5.74) is 2.12. The molecule has 1 aromatic heterocycles. The zero-order valence-corrected chi connectivity index (χ0v) is 24.5. The number of ether oxygens (including phenoxy) is 1. The second kappa shape index (κ2) is 12.6. The fourth-order valence-electron chi connectivity index (χ4n) is 4.77. The van der Waals surface area contributed by atoms with Crippen LogP contribution in [0.5, 0.6) is 0 Å². The summed E-state index contributed by atoms with van der Waals surface area (Å²) < 4.78 is 33.8. The Morgan fingerprint density at radius 1 is 1.08 bits per heavy atom. The van der Waals surface area contributed by atoms with Crippen LogP contribution in [0.25, 0.3) is 10.2 Å². The Hall–Kier alpha value is -1.79. The number of carbonyl (C=O) groups excluding carboxylic acids is 1. The van der Waals surface area contributed by atoms with Crippen LogP contribution in [0.3, 0.4) is 0 Å². The summed E-state index contributed by atoms with van der Waals surface area (Å²) >= 11 is 7.78. The lowest BCUT2D eigenvalue weighted by molar-refractivity contribution is 0.0376. The van der Waals surface area contributed by atoms with Crippen molar-refractivity contribution in [2.24, 2.45) is 0 Å². The number of aromatic nitrogens is 1. The number of amides is 1. The highest BCUT2D eigenvalue weighted by atomic mass is 35.5. The van der Waals surface area contributed by atoms with E-state index in [1.54, 1.807) is 17.0 Å². The van der Waals surface area contributed by atoms with Crippen molar-refractivity contribution in [3.8, 4) is 0 Å². The molecule has 3 aromatic rings. The Bertz CT molecular complexity index is 1370. The number of carbonyl (C=O) groups is 1. The summed E-state index contributed by atoms with van der Waals surface area (Å²) in [5, 5.41) is 1.26. The Kier molecular flexibility index (Phi) is 9.67. The Labute approximate surface area is 239 Å². The van der Waals surface area contributed by atoms with Crippen LogP contribution in [-0.4, -0.2) is 81.0 Å². The van der Waals surface area contributed by atoms with Crippen molar-refractivity contribution in [1.82, 2.24) is 14.2 Å². The van der Waals surface area contributed by atoms with Crippen LogP contribution in [0, 0.1) is 6.92 Å². The highest BCUT2D eigenvalue weighted by molar-refractivity contribution is 7.89. The molecule has 0 radical (unpaired) electrons. The van der Waals surface area contributed by atoms with Crippen molar-refractivity contribution < 1.29 is 17.9 Å². The largest absolute Gasteiger partial charge is 0.379 e. The van der Waals surface area contributed by atoms with Gasteiger partial charge in [0, 0.05) is 49.9 Å². The number of morpholine rings is 1. The van der Waals surface area contributed by atoms with Crippen LogP contribution in [0.2, 0.25) is 5.02 Å². The average molecular weight is 600 g/mol. The molecule has 2 aromatic carbocycles. The molecule has 0 saturated carbocycles. The second-order valence-electron chi connectivity index (χ2n) is 9.42. The van der Waals surface area contributed by atoms with Gasteiger partial charge in [-0.25, -0.2) is 13.4 Å². The number of hydrogen-bond donors (Lipinski definition) is 0. The molecule has 38 heavy (non-hydrogen) atoms. The molecule has 0 bridgehead atoms. The van der Waals surface area contributed by atoms with Gasteiger partial charge in [-0.2, -0.15) is 4.31 Å². The number of benzene rings is 2. The number of aryl methyl sites for hydroxylation is 1. The quantitative estimate of drug-likeness (QED) is 0.369. The van der Waals surface area contributed by atoms with Crippen LogP contribution in [0.4, 0.5) is 5.13 Å². The molecule has 2 aliphatic rings. The van der Waals surface area contributed by atoms with Gasteiger partial charge in [0.2, 0.25) is 10.0 Å². The molecular formula is C26H32Cl2N4O4S2. The predicted octanol–water partition coefficient (Wildman–Crippen LogP) is 4.83. The average Bonchev–Trinajstić information content (AvgIpc) is 3.61. The van der Waals surface area contributed by atoms with Crippen molar-refractivity contribution >= 4 is 66.6 Å². The van der Waals surface area contributed by atoms with Crippen molar-refractivity contribution in [2.45, 2.75) is 31.1 Å². The van der Waals surface area contributed by atoms with E-state index in [1.807, 2.05) is 19.1 Å². The van der Waals surface area contributed by atoms with E-state index in [-0.39, 0.29) is 23.2 Å². The monoisotopic (exact) mass is 598 g/mol. The van der Waals surface area contributed by atoms with E-state index in [0.717, 1.165) is 67.9 Å². The van der Waals surface area contributed by atoms with Crippen molar-refractivity contribution in [3.63, 3.8) is 0 Å². The minimum Gasteiger partial charge on any atom is -0.379 e. The summed E-state index contributed by atoms with van der Waals surface area (Å²) in [6, 6.07) is 10.1. The Morgan fingerprint density at radius 2 is 1.76 bits per heavy atom. The maximum Gasteiger partial charge on any atom is 0.260 e. The summed E-state index contributed by atoms with van der Waals surface area (Å²) in [6.07, 6.45) is 2.53. The molecule has 0 atom stereocenters. The van der Waals surface area contributed by atoms with Crippen molar-refractivity contribution in [3.05, 3.63) is 52.5 Å². The first-order valence-electron chi connectivity index (χ1n) is 12.6. The van der Waals surface area contributed by atoms with E-state index < -0.39 is 10.0 Å². The molecule has 2 saturated heterocycles. The van der Waals surface area contributed by atoms with Gasteiger partial charge in [-0.3, -0.25) is 14.6 Å². The fourth-order valence-corrected chi connectivity index (χ4v) is 7.49. The second-order valence-corrected chi connectivity index (χ2v) is 12.8. The van der Waals surface area contributed by atoms with Gasteiger partial charge in [-0.05, 0) is 68.1 Å². The van der Waals surface area contributed by atoms with Gasteiger partial charge in [0.15, 0.2) is 5.13 Å². The molecule has 206 valence electrons. The number of thiazole rings is 1. The number of fused-ring (bicyclic) bond motifs is 1. The molecule has 0 aliphatic carbocycles. The lowest BCUT2D eigenvalue weighted by Crippen LogP contribution is -2.39. The lowest BCUT2D eigenvalue weighted by atomic mass is 10.2. The van der Waals surface area contributed by atoms with Crippen molar-refractivity contribution in [2.75, 3.05) is 57.4 Å². The molecule has 0 spiro atoms. The molecular weight excluding hydrogens is 567 g/mol. The number of anilines is 1. The van der Waals surface area contributed by atoms with E-state index in [0.29, 0.717) is 35.4 Å². The topological polar surface area (TPSA) is 83.0 Å². The third kappa shape index (κ3) is 6.17. The minimum atomic E-state index is -3.54. The first-order chi connectivity index (χ1) is 17.8. The smallest absolute Gasteiger partial charge is 0.260 e. The first kappa shape index (κ1) is 29.2. The van der Waals surface area contributed by atoms with E-state index in [2.05, 4.69) is 4.90 Å². The number of nitrogens with zero attached hydrogens (tertiary/aromatic N) is 4. The molecule has 2 fully saturated rings. The van der Waals surface area contributed by atoms with Gasteiger partial charge < -0.3 is 4.74 Å². The SMILES string of the molecule is Cc1c(Cl)ccc2sc(N(CCCN3CCOCC3)C(=O)c3ccc(S(=O)(=O)N4CCCC4)cc3)nc12.Cl. The summed E-state index contributed by atoms with van der Waals surface area (Å²) in [6.45, 7) is 7.60. The van der Waals surface area contributed by atoms with Crippen LogP contribution < -0.4 is 4.90 Å². The fraction of sp³-hybridized carbons (Fsp3) is 0.462. The maximum absolute atomic E-state index is 13.7. The number of sulfonamides is 1. The molecule has 0 unspecified atom stereocenters. The zero-order valence-electron chi connectivity index (χ0n) is 21.3. The maximum atomic E-state index is 13.7. The normalized spacial score (nSPS) is 17.0. The zero-order chi connectivity index (χ0) is 26.0. The lowest BCUT2D eigenvalue weighted by Gasteiger charge is -2.27. The summed E-state index contributed by atoms with van der Waals surface area (Å²) in [7, 11) is -3.54. The van der Waals surface area contributed by atoms with Crippen LogP contribution in [-0.2, 0) is 14.8 Å². The van der Waals surface area contributed by atoms with Gasteiger partial charge in [0.25, 0.3) is 5.91 Å². The molecule has 2 aliphatic heterocycles. The molecule has 8 nitrogen and oxygen atoms in total. The van der Waals surface area contributed by atoms with Gasteiger partial charge in [0.05, 0.1) is 28.3 Å². The van der Waals surface area contributed by atoms with Crippen molar-refractivity contribution in [1.29, 1.82) is 0 Å². The standard InChI is InChI=1S/C26H31ClN4O4S2.ClH/c1-19-22(27)9-10-23-24(19)28-26(36-23)31(14-4-11-29-15-17-35-18-16-29)25(32)20-5-7-21(8-6-20)37(33,34)30-12-2-3-13-30;/h5-10H,2-4,11-18H2,1H3;1H. The molecule has 12 heteroatoms. The minimum absolute atomic E-state index is 0. The van der Waals surface area contributed by atoms with Crippen LogP contribution >= 0.6 is 35.3 Å². The number of halogens is 2. The molecule has 1 amide bonds. The Morgan fingerprint density at radius 3 is 2.45 bits per heavy atom. The van der Waals surface area contributed by atoms with Crippen LogP contribution in [0.1, 0.15) is 35.2 Å². The third-order valence-corrected chi connectivity index (χ3v) is 10.3. The van der Waals surface area contributed by atoms with Crippen LogP contribution in [0.15, 0.2) is 41.3 Å². The number of rotatable bonds is 8. The summed E-state index contributed by atoms with van der Waals surface area (Å²) in [5.74, 6) is -0.199. The Balaban J connectivity index is 0.00000336. The van der Waals surface area contributed by atoms with Gasteiger partial charge in [0.1, 0.15) is 0 Å². The molecule has 5 rings (SSSR count). The van der Waals surface area contributed by atoms with E-state index in [4.69, 9.17) is 21.3 Å².